The summed E-state index contributed by atoms with van der Waals surface area (Å²) in [6, 6.07) is 14.6. The maximum Gasteiger partial charge on any atom is 0.240 e. The van der Waals surface area contributed by atoms with E-state index < -0.39 is 6.04 Å². The van der Waals surface area contributed by atoms with E-state index in [-0.39, 0.29) is 29.5 Å². The van der Waals surface area contributed by atoms with Gasteiger partial charge in [0.2, 0.25) is 17.7 Å². The third-order valence-electron chi connectivity index (χ3n) is 7.77. The summed E-state index contributed by atoms with van der Waals surface area (Å²) in [5, 5.41) is 16.6. The molecule has 0 unspecified atom stereocenters. The third-order valence-corrected chi connectivity index (χ3v) is 8.66. The molecule has 11 heteroatoms. The van der Waals surface area contributed by atoms with Gasteiger partial charge in [0.15, 0.2) is 0 Å². The van der Waals surface area contributed by atoms with Gasteiger partial charge < -0.3 is 26.6 Å². The van der Waals surface area contributed by atoms with Crippen molar-refractivity contribution < 1.29 is 14.4 Å². The molecule has 2 aliphatic rings. The summed E-state index contributed by atoms with van der Waals surface area (Å²) in [5.41, 5.74) is 7.98. The van der Waals surface area contributed by atoms with Crippen LogP contribution in [0.4, 0.5) is 5.69 Å². The van der Waals surface area contributed by atoms with Crippen LogP contribution < -0.4 is 26.4 Å². The Bertz CT molecular complexity index is 1230. The molecular formula is C30H41N7O3S. The minimum atomic E-state index is -0.494. The molecule has 0 spiro atoms. The van der Waals surface area contributed by atoms with Crippen molar-refractivity contribution in [2.75, 3.05) is 38.5 Å². The second-order valence-electron chi connectivity index (χ2n) is 10.8. The lowest BCUT2D eigenvalue weighted by atomic mass is 9.91. The monoisotopic (exact) mass is 579 g/mol. The highest BCUT2D eigenvalue weighted by atomic mass is 32.2. The van der Waals surface area contributed by atoms with Crippen molar-refractivity contribution in [2.24, 2.45) is 17.6 Å². The molecule has 2 fully saturated rings. The number of carbonyl (C=O) groups is 3. The number of amides is 3. The molecule has 0 aliphatic carbocycles. The lowest BCUT2D eigenvalue weighted by Gasteiger charge is -2.34. The van der Waals surface area contributed by atoms with Gasteiger partial charge in [-0.25, -0.2) is 4.72 Å². The van der Waals surface area contributed by atoms with E-state index in [0.717, 1.165) is 41.8 Å². The van der Waals surface area contributed by atoms with Crippen molar-refractivity contribution in [2.45, 2.75) is 49.5 Å². The van der Waals surface area contributed by atoms with Crippen LogP contribution in [0.1, 0.15) is 43.2 Å². The molecule has 41 heavy (non-hydrogen) atoms. The number of hydrogen-bond donors (Lipinski definition) is 6. The van der Waals surface area contributed by atoms with Crippen molar-refractivity contribution >= 4 is 41.2 Å². The van der Waals surface area contributed by atoms with E-state index in [9.17, 15) is 14.4 Å². The van der Waals surface area contributed by atoms with Gasteiger partial charge in [-0.2, -0.15) is 0 Å². The van der Waals surface area contributed by atoms with Crippen LogP contribution in [0.5, 0.6) is 0 Å². The molecule has 10 nitrogen and oxygen atoms in total. The van der Waals surface area contributed by atoms with E-state index in [1.807, 2.05) is 47.4 Å². The lowest BCUT2D eigenvalue weighted by Crippen LogP contribution is -2.48. The number of hydrogen-bond acceptors (Lipinski definition) is 7. The molecule has 1 atom stereocenters. The minimum Gasteiger partial charge on any atom is -0.384 e. The molecule has 4 rings (SSSR count). The van der Waals surface area contributed by atoms with Crippen LogP contribution in [0.25, 0.3) is 0 Å². The third kappa shape index (κ3) is 9.04. The number of nitrogens with zero attached hydrogens (tertiary/aromatic N) is 1. The summed E-state index contributed by atoms with van der Waals surface area (Å²) in [7, 11) is 1.66. The van der Waals surface area contributed by atoms with Crippen LogP contribution in [-0.4, -0.2) is 67.7 Å². The summed E-state index contributed by atoms with van der Waals surface area (Å²) in [6.07, 6.45) is 4.71. The molecule has 2 saturated heterocycles. The zero-order chi connectivity index (χ0) is 29.2. The van der Waals surface area contributed by atoms with Gasteiger partial charge in [0, 0.05) is 55.8 Å². The molecule has 0 saturated carbocycles. The van der Waals surface area contributed by atoms with E-state index in [4.69, 9.17) is 11.1 Å². The van der Waals surface area contributed by atoms with E-state index in [0.29, 0.717) is 50.5 Å². The smallest absolute Gasteiger partial charge is 0.240 e. The van der Waals surface area contributed by atoms with Crippen molar-refractivity contribution in [3.8, 4) is 0 Å². The number of likely N-dealkylation sites (tertiary alicyclic amines) is 1. The van der Waals surface area contributed by atoms with Crippen molar-refractivity contribution in [3.63, 3.8) is 0 Å². The van der Waals surface area contributed by atoms with E-state index in [1.165, 1.54) is 11.9 Å². The fraction of sp³-hybridized carbons (Fsp3) is 0.467. The molecule has 2 aromatic carbocycles. The largest absolute Gasteiger partial charge is 0.384 e. The van der Waals surface area contributed by atoms with Gasteiger partial charge in [0.05, 0.1) is 5.92 Å². The molecule has 220 valence electrons. The lowest BCUT2D eigenvalue weighted by molar-refractivity contribution is -0.134. The molecule has 2 aliphatic heterocycles. The predicted molar refractivity (Wildman–Crippen MR) is 163 cm³/mol. The second-order valence-corrected chi connectivity index (χ2v) is 11.7. The fourth-order valence-electron chi connectivity index (χ4n) is 5.11. The molecule has 7 N–H and O–H groups in total. The summed E-state index contributed by atoms with van der Waals surface area (Å²) in [6.45, 7) is 2.78. The quantitative estimate of drug-likeness (QED) is 0.121. The Morgan fingerprint density at radius 3 is 2.56 bits per heavy atom. The number of rotatable bonds is 13. The van der Waals surface area contributed by atoms with Crippen molar-refractivity contribution in [3.05, 3.63) is 59.7 Å². The van der Waals surface area contributed by atoms with Crippen LogP contribution in [0.3, 0.4) is 0 Å². The number of benzene rings is 2. The highest BCUT2D eigenvalue weighted by molar-refractivity contribution is 7.97. The average molecular weight is 580 g/mol. The van der Waals surface area contributed by atoms with Gasteiger partial charge in [0.25, 0.3) is 0 Å². The van der Waals surface area contributed by atoms with Crippen molar-refractivity contribution in [1.29, 1.82) is 5.41 Å². The van der Waals surface area contributed by atoms with E-state index >= 15 is 0 Å². The fourth-order valence-corrected chi connectivity index (χ4v) is 5.91. The zero-order valence-corrected chi connectivity index (χ0v) is 24.4. The minimum absolute atomic E-state index is 0.00261. The second kappa shape index (κ2) is 15.0. The van der Waals surface area contributed by atoms with Crippen molar-refractivity contribution in [1.82, 2.24) is 20.3 Å². The summed E-state index contributed by atoms with van der Waals surface area (Å²) < 4.78 is 3.39. The number of piperidine rings is 1. The Morgan fingerprint density at radius 2 is 1.88 bits per heavy atom. The molecule has 2 heterocycles. The molecule has 0 bridgehead atoms. The van der Waals surface area contributed by atoms with Gasteiger partial charge in [0.1, 0.15) is 11.9 Å². The maximum atomic E-state index is 13.8. The summed E-state index contributed by atoms with van der Waals surface area (Å²) >= 11 is 1.37. The van der Waals surface area contributed by atoms with Gasteiger partial charge in [-0.15, -0.1) is 0 Å². The Labute approximate surface area is 246 Å². The van der Waals surface area contributed by atoms with Crippen LogP contribution >= 0.6 is 11.9 Å². The highest BCUT2D eigenvalue weighted by Gasteiger charge is 2.29. The summed E-state index contributed by atoms with van der Waals surface area (Å²) in [4.78, 5) is 40.5. The van der Waals surface area contributed by atoms with Gasteiger partial charge in [-0.1, -0.05) is 24.3 Å². The SMILES string of the molecule is CNC(=O)CCCC1CCN(C(=O)[C@H](Cc2cccc(C(=N)N)c2)NSc2cccc(NC(=O)C3CNC3)c2)CC1. The molecule has 2 aromatic rings. The Balaban J connectivity index is 1.39. The predicted octanol–water partition coefficient (Wildman–Crippen LogP) is 2.49. The van der Waals surface area contributed by atoms with E-state index in [2.05, 4.69) is 20.7 Å². The number of nitrogens with two attached hydrogens (primary N) is 1. The number of nitrogens with one attached hydrogen (secondary N) is 5. The number of anilines is 1. The van der Waals surface area contributed by atoms with E-state index in [1.54, 1.807) is 13.1 Å². The molecule has 0 radical (unpaired) electrons. The summed E-state index contributed by atoms with van der Waals surface area (Å²) in [5.74, 6) is 0.627. The van der Waals surface area contributed by atoms with Gasteiger partial charge in [-0.3, -0.25) is 19.8 Å². The molecular weight excluding hydrogens is 538 g/mol. The normalized spacial score (nSPS) is 16.5. The first kappa shape index (κ1) is 30.5. The van der Waals surface area contributed by atoms with Gasteiger partial charge >= 0.3 is 0 Å². The first-order valence-corrected chi connectivity index (χ1v) is 15.1. The Morgan fingerprint density at radius 1 is 1.12 bits per heavy atom. The first-order valence-electron chi connectivity index (χ1n) is 14.3. The van der Waals surface area contributed by atoms with Crippen LogP contribution in [0.15, 0.2) is 53.4 Å². The van der Waals surface area contributed by atoms with Crippen LogP contribution in [0.2, 0.25) is 0 Å². The maximum absolute atomic E-state index is 13.8. The molecule has 0 aromatic heterocycles. The number of carbonyl (C=O) groups excluding carboxylic acids is 3. The average Bonchev–Trinajstić information content (AvgIpc) is 2.94. The Hall–Kier alpha value is -3.41. The Kier molecular flexibility index (Phi) is 11.2. The van der Waals surface area contributed by atoms with Crippen LogP contribution in [0, 0.1) is 17.2 Å². The number of amidine groups is 1. The molecule has 3 amide bonds. The number of nitrogen functional groups attached to an aromatic ring is 1. The topological polar surface area (TPSA) is 152 Å². The first-order chi connectivity index (χ1) is 19.8. The highest BCUT2D eigenvalue weighted by Crippen LogP contribution is 2.25. The zero-order valence-electron chi connectivity index (χ0n) is 23.6. The van der Waals surface area contributed by atoms with Crippen LogP contribution in [-0.2, 0) is 20.8 Å². The standard InChI is InChI=1S/C30H41N7O3S/c1-33-27(38)10-3-5-20-11-13-37(14-12-20)30(40)26(16-21-6-2-7-22(15-21)28(31)32)36-41-25-9-4-8-24(17-25)35-29(39)23-18-34-19-23/h2,4,6-9,15,17,20,23,26,34,36H,3,5,10-14,16,18-19H2,1H3,(H3,31,32)(H,33,38)(H,35,39)/t26-/m0/s1. The van der Waals surface area contributed by atoms with Gasteiger partial charge in [-0.05, 0) is 79.8 Å².